The predicted octanol–water partition coefficient (Wildman–Crippen LogP) is 1.11. The van der Waals surface area contributed by atoms with Crippen molar-refractivity contribution in [3.63, 3.8) is 0 Å². The second-order valence-electron chi connectivity index (χ2n) is 3.29. The number of aryl methyl sites for hydroxylation is 1. The van der Waals surface area contributed by atoms with Crippen LogP contribution in [0.15, 0.2) is 6.33 Å². The number of nitrogens with zero attached hydrogens (tertiary/aromatic N) is 2. The summed E-state index contributed by atoms with van der Waals surface area (Å²) in [7, 11) is 0. The Balaban J connectivity index is 2.43. The minimum Gasteiger partial charge on any atom is -0.333 e. The second-order valence-corrected chi connectivity index (χ2v) is 3.29. The van der Waals surface area contributed by atoms with Gasteiger partial charge in [0.05, 0.1) is 17.7 Å². The summed E-state index contributed by atoms with van der Waals surface area (Å²) < 4.78 is 2.23. The van der Waals surface area contributed by atoms with Crippen molar-refractivity contribution >= 4 is 0 Å². The van der Waals surface area contributed by atoms with Crippen LogP contribution in [-0.4, -0.2) is 16.1 Å². The number of rotatable bonds is 1. The van der Waals surface area contributed by atoms with E-state index in [9.17, 15) is 0 Å². The molecule has 0 bridgehead atoms. The summed E-state index contributed by atoms with van der Waals surface area (Å²) in [6, 6.07) is 0.469. The van der Waals surface area contributed by atoms with Crippen molar-refractivity contribution in [2.24, 2.45) is 0 Å². The lowest BCUT2D eigenvalue weighted by Crippen LogP contribution is -2.29. The van der Waals surface area contributed by atoms with E-state index in [-0.39, 0.29) is 0 Å². The van der Waals surface area contributed by atoms with Gasteiger partial charge in [-0.05, 0) is 13.8 Å². The quantitative estimate of drug-likeness (QED) is 0.675. The fraction of sp³-hybridized carbons (Fsp3) is 0.667. The molecule has 1 aliphatic heterocycles. The van der Waals surface area contributed by atoms with E-state index in [0.717, 1.165) is 19.5 Å². The van der Waals surface area contributed by atoms with Crippen molar-refractivity contribution in [1.82, 2.24) is 14.9 Å². The first-order valence-corrected chi connectivity index (χ1v) is 4.60. The molecule has 0 fully saturated rings. The first kappa shape index (κ1) is 7.80. The summed E-state index contributed by atoms with van der Waals surface area (Å²) in [4.78, 5) is 4.40. The molecule has 0 aliphatic carbocycles. The average Bonchev–Trinajstić information content (AvgIpc) is 2.49. The molecule has 1 aromatic rings. The molecular formula is C9H15N3. The van der Waals surface area contributed by atoms with Gasteiger partial charge >= 0.3 is 0 Å². The topological polar surface area (TPSA) is 29.9 Å². The van der Waals surface area contributed by atoms with Gasteiger partial charge in [0.2, 0.25) is 0 Å². The molecule has 1 atom stereocenters. The SMILES string of the molecule is CCn1cnc2c1C(C)NCC2. The Morgan fingerprint density at radius 3 is 3.33 bits per heavy atom. The number of hydrogen-bond donors (Lipinski definition) is 1. The molecule has 3 nitrogen and oxygen atoms in total. The van der Waals surface area contributed by atoms with Gasteiger partial charge in [0.25, 0.3) is 0 Å². The standard InChI is InChI=1S/C9H15N3/c1-3-12-6-11-8-4-5-10-7(2)9(8)12/h6-7,10H,3-5H2,1-2H3. The van der Waals surface area contributed by atoms with Crippen molar-refractivity contribution in [3.05, 3.63) is 17.7 Å². The van der Waals surface area contributed by atoms with Gasteiger partial charge in [-0.3, -0.25) is 0 Å². The Hall–Kier alpha value is -0.830. The third kappa shape index (κ3) is 1.05. The highest BCUT2D eigenvalue weighted by atomic mass is 15.1. The van der Waals surface area contributed by atoms with Gasteiger partial charge in [-0.1, -0.05) is 0 Å². The van der Waals surface area contributed by atoms with Crippen LogP contribution in [0.4, 0.5) is 0 Å². The highest BCUT2D eigenvalue weighted by Crippen LogP contribution is 2.20. The van der Waals surface area contributed by atoms with Crippen LogP contribution in [0.25, 0.3) is 0 Å². The Morgan fingerprint density at radius 2 is 2.58 bits per heavy atom. The largest absolute Gasteiger partial charge is 0.333 e. The number of nitrogens with one attached hydrogen (secondary N) is 1. The molecule has 0 spiro atoms. The van der Waals surface area contributed by atoms with E-state index in [1.807, 2.05) is 6.33 Å². The van der Waals surface area contributed by atoms with E-state index < -0.39 is 0 Å². The van der Waals surface area contributed by atoms with Crippen LogP contribution in [-0.2, 0) is 13.0 Å². The monoisotopic (exact) mass is 165 g/mol. The molecule has 0 radical (unpaired) electrons. The van der Waals surface area contributed by atoms with E-state index in [1.54, 1.807) is 0 Å². The van der Waals surface area contributed by atoms with Crippen molar-refractivity contribution in [1.29, 1.82) is 0 Å². The molecule has 0 amide bonds. The maximum atomic E-state index is 4.40. The summed E-state index contributed by atoms with van der Waals surface area (Å²) in [6.07, 6.45) is 3.03. The molecule has 3 heteroatoms. The van der Waals surface area contributed by atoms with E-state index in [2.05, 4.69) is 28.7 Å². The Labute approximate surface area is 72.8 Å². The molecule has 0 saturated heterocycles. The lowest BCUT2D eigenvalue weighted by atomic mass is 10.1. The minimum absolute atomic E-state index is 0.469. The van der Waals surface area contributed by atoms with Crippen LogP contribution < -0.4 is 5.32 Å². The van der Waals surface area contributed by atoms with Gasteiger partial charge in [0.15, 0.2) is 0 Å². The lowest BCUT2D eigenvalue weighted by molar-refractivity contribution is 0.500. The molecule has 1 aliphatic rings. The Morgan fingerprint density at radius 1 is 1.75 bits per heavy atom. The lowest BCUT2D eigenvalue weighted by Gasteiger charge is -2.21. The number of fused-ring (bicyclic) bond motifs is 1. The van der Waals surface area contributed by atoms with Crippen LogP contribution in [0.1, 0.15) is 31.3 Å². The van der Waals surface area contributed by atoms with Crippen LogP contribution in [0.3, 0.4) is 0 Å². The van der Waals surface area contributed by atoms with Crippen LogP contribution in [0, 0.1) is 0 Å². The smallest absolute Gasteiger partial charge is 0.0952 e. The summed E-state index contributed by atoms with van der Waals surface area (Å²) in [5.41, 5.74) is 2.66. The highest BCUT2D eigenvalue weighted by Gasteiger charge is 2.20. The summed E-state index contributed by atoms with van der Waals surface area (Å²) in [5, 5.41) is 3.44. The van der Waals surface area contributed by atoms with Gasteiger partial charge in [-0.15, -0.1) is 0 Å². The van der Waals surface area contributed by atoms with E-state index in [1.165, 1.54) is 11.4 Å². The molecule has 1 aromatic heterocycles. The summed E-state index contributed by atoms with van der Waals surface area (Å²) >= 11 is 0. The van der Waals surface area contributed by atoms with Gasteiger partial charge in [0.1, 0.15) is 0 Å². The first-order chi connectivity index (χ1) is 5.83. The van der Waals surface area contributed by atoms with Gasteiger partial charge < -0.3 is 9.88 Å². The minimum atomic E-state index is 0.469. The summed E-state index contributed by atoms with van der Waals surface area (Å²) in [5.74, 6) is 0. The third-order valence-electron chi connectivity index (χ3n) is 2.52. The maximum absolute atomic E-state index is 4.40. The Bertz CT molecular complexity index is 264. The van der Waals surface area contributed by atoms with Gasteiger partial charge in [0, 0.05) is 25.6 Å². The molecule has 0 aromatic carbocycles. The normalized spacial score (nSPS) is 22.3. The van der Waals surface area contributed by atoms with Gasteiger partial charge in [-0.2, -0.15) is 0 Å². The first-order valence-electron chi connectivity index (χ1n) is 4.60. The summed E-state index contributed by atoms with van der Waals surface area (Å²) in [6.45, 7) is 6.44. The Kier molecular flexibility index (Phi) is 1.89. The number of aromatic nitrogens is 2. The van der Waals surface area contributed by atoms with Crippen LogP contribution in [0.5, 0.6) is 0 Å². The van der Waals surface area contributed by atoms with E-state index >= 15 is 0 Å². The average molecular weight is 165 g/mol. The van der Waals surface area contributed by atoms with Crippen molar-refractivity contribution in [2.75, 3.05) is 6.54 Å². The number of imidazole rings is 1. The highest BCUT2D eigenvalue weighted by molar-refractivity contribution is 5.20. The van der Waals surface area contributed by atoms with Crippen molar-refractivity contribution < 1.29 is 0 Å². The molecule has 1 N–H and O–H groups in total. The van der Waals surface area contributed by atoms with Crippen LogP contribution >= 0.6 is 0 Å². The third-order valence-corrected chi connectivity index (χ3v) is 2.52. The zero-order valence-electron chi connectivity index (χ0n) is 7.67. The molecule has 12 heavy (non-hydrogen) atoms. The van der Waals surface area contributed by atoms with Crippen molar-refractivity contribution in [2.45, 2.75) is 32.9 Å². The second kappa shape index (κ2) is 2.90. The molecule has 2 heterocycles. The zero-order chi connectivity index (χ0) is 8.55. The predicted molar refractivity (Wildman–Crippen MR) is 48.0 cm³/mol. The fourth-order valence-electron chi connectivity index (χ4n) is 1.88. The van der Waals surface area contributed by atoms with Gasteiger partial charge in [-0.25, -0.2) is 4.98 Å². The van der Waals surface area contributed by atoms with Crippen LogP contribution in [0.2, 0.25) is 0 Å². The molecule has 0 saturated carbocycles. The molecular weight excluding hydrogens is 150 g/mol. The molecule has 2 rings (SSSR count). The van der Waals surface area contributed by atoms with E-state index in [4.69, 9.17) is 0 Å². The molecule has 1 unspecified atom stereocenters. The molecule has 66 valence electrons. The fourth-order valence-corrected chi connectivity index (χ4v) is 1.88. The van der Waals surface area contributed by atoms with Crippen molar-refractivity contribution in [3.8, 4) is 0 Å². The number of hydrogen-bond acceptors (Lipinski definition) is 2. The zero-order valence-corrected chi connectivity index (χ0v) is 7.67. The van der Waals surface area contributed by atoms with E-state index in [0.29, 0.717) is 6.04 Å². The maximum Gasteiger partial charge on any atom is 0.0952 e.